The fraction of sp³-hybridized carbons (Fsp3) is 0.565. The molecule has 0 radical (unpaired) electrons. The lowest BCUT2D eigenvalue weighted by Crippen LogP contribution is -2.40. The summed E-state index contributed by atoms with van der Waals surface area (Å²) < 4.78 is 13.0. The maximum atomic E-state index is 13.0. The summed E-state index contributed by atoms with van der Waals surface area (Å²) in [6, 6.07) is 5.72. The molecule has 4 rings (SSSR count). The van der Waals surface area contributed by atoms with Crippen molar-refractivity contribution in [2.75, 3.05) is 19.6 Å². The van der Waals surface area contributed by atoms with Crippen molar-refractivity contribution < 1.29 is 14.0 Å². The Labute approximate surface area is 166 Å². The van der Waals surface area contributed by atoms with E-state index in [0.29, 0.717) is 18.7 Å². The number of hydrogen-bond acceptors (Lipinski definition) is 2. The number of allylic oxidation sites excluding steroid dienone is 1. The van der Waals surface area contributed by atoms with Crippen LogP contribution in [0.2, 0.25) is 0 Å². The van der Waals surface area contributed by atoms with Crippen LogP contribution in [-0.4, -0.2) is 36.3 Å². The third-order valence-electron chi connectivity index (χ3n) is 6.77. The van der Waals surface area contributed by atoms with E-state index < -0.39 is 0 Å². The van der Waals surface area contributed by atoms with Crippen molar-refractivity contribution in [1.29, 1.82) is 0 Å². The zero-order valence-electron chi connectivity index (χ0n) is 16.4. The van der Waals surface area contributed by atoms with E-state index in [1.807, 2.05) is 4.90 Å². The zero-order chi connectivity index (χ0) is 19.6. The number of piperidine rings is 1. The zero-order valence-corrected chi connectivity index (χ0v) is 16.4. The number of carbonyl (C=O) groups is 2. The first kappa shape index (κ1) is 19.2. The van der Waals surface area contributed by atoms with Gasteiger partial charge in [-0.05, 0) is 81.0 Å². The molecule has 0 aromatic heterocycles. The van der Waals surface area contributed by atoms with Crippen LogP contribution in [0.4, 0.5) is 4.39 Å². The second-order valence-corrected chi connectivity index (χ2v) is 8.57. The minimum atomic E-state index is -0.333. The van der Waals surface area contributed by atoms with Crippen LogP contribution in [0, 0.1) is 17.2 Å². The molecule has 1 aromatic rings. The van der Waals surface area contributed by atoms with Gasteiger partial charge in [-0.25, -0.2) is 4.39 Å². The second kappa shape index (κ2) is 8.06. The van der Waals surface area contributed by atoms with Crippen LogP contribution in [0.15, 0.2) is 35.9 Å². The summed E-state index contributed by atoms with van der Waals surface area (Å²) in [5, 5.41) is 3.13. The van der Waals surface area contributed by atoms with E-state index in [9.17, 15) is 14.0 Å². The SMILES string of the molecule is O=C(NCCC1=CCCCC1)[C@H]1CC12CCN(C(=O)c1ccc(F)cc1)CC2. The third-order valence-corrected chi connectivity index (χ3v) is 6.77. The predicted octanol–water partition coefficient (Wildman–Crippen LogP) is 4.07. The van der Waals surface area contributed by atoms with Crippen molar-refractivity contribution in [3.05, 3.63) is 47.3 Å². The molecule has 1 atom stereocenters. The van der Waals surface area contributed by atoms with E-state index in [1.54, 1.807) is 0 Å². The number of amides is 2. The normalized spacial score (nSPS) is 23.2. The first-order valence-electron chi connectivity index (χ1n) is 10.6. The van der Waals surface area contributed by atoms with E-state index >= 15 is 0 Å². The molecule has 1 spiro atoms. The molecule has 2 amide bonds. The summed E-state index contributed by atoms with van der Waals surface area (Å²) in [6.45, 7) is 2.09. The molecule has 2 aliphatic carbocycles. The first-order chi connectivity index (χ1) is 13.6. The van der Waals surface area contributed by atoms with Gasteiger partial charge in [-0.3, -0.25) is 9.59 Å². The molecule has 1 saturated heterocycles. The molecular formula is C23H29FN2O2. The van der Waals surface area contributed by atoms with Crippen LogP contribution in [0.5, 0.6) is 0 Å². The number of hydrogen-bond donors (Lipinski definition) is 1. The number of benzene rings is 1. The lowest BCUT2D eigenvalue weighted by Gasteiger charge is -2.33. The predicted molar refractivity (Wildman–Crippen MR) is 106 cm³/mol. The van der Waals surface area contributed by atoms with Crippen LogP contribution < -0.4 is 5.32 Å². The molecule has 1 saturated carbocycles. The maximum absolute atomic E-state index is 13.0. The lowest BCUT2D eigenvalue weighted by molar-refractivity contribution is -0.123. The van der Waals surface area contributed by atoms with Crippen molar-refractivity contribution in [3.8, 4) is 0 Å². The van der Waals surface area contributed by atoms with E-state index in [4.69, 9.17) is 0 Å². The Morgan fingerprint density at radius 2 is 1.89 bits per heavy atom. The topological polar surface area (TPSA) is 49.4 Å². The maximum Gasteiger partial charge on any atom is 0.253 e. The minimum Gasteiger partial charge on any atom is -0.356 e. The van der Waals surface area contributed by atoms with Crippen LogP contribution in [-0.2, 0) is 4.79 Å². The summed E-state index contributed by atoms with van der Waals surface area (Å²) >= 11 is 0. The third kappa shape index (κ3) is 4.13. The molecule has 0 bridgehead atoms. The van der Waals surface area contributed by atoms with E-state index in [2.05, 4.69) is 11.4 Å². The molecule has 1 aromatic carbocycles. The standard InChI is InChI=1S/C23H29FN2O2/c24-19-8-6-18(7-9-19)22(28)26-14-11-23(12-15-26)16-20(23)21(27)25-13-10-17-4-2-1-3-5-17/h4,6-9,20H,1-3,5,10-16H2,(H,25,27)/t20-/m1/s1. The Bertz CT molecular complexity index is 763. The van der Waals surface area contributed by atoms with Gasteiger partial charge in [0, 0.05) is 31.1 Å². The molecule has 4 nitrogen and oxygen atoms in total. The number of likely N-dealkylation sites (tertiary alicyclic amines) is 1. The lowest BCUT2D eigenvalue weighted by atomic mass is 9.90. The number of nitrogens with zero attached hydrogens (tertiary/aromatic N) is 1. The summed E-state index contributed by atoms with van der Waals surface area (Å²) in [6.07, 6.45) is 10.9. The molecule has 0 unspecified atom stereocenters. The number of carbonyl (C=O) groups excluding carboxylic acids is 2. The summed E-state index contributed by atoms with van der Waals surface area (Å²) in [4.78, 5) is 26.9. The Morgan fingerprint density at radius 1 is 1.14 bits per heavy atom. The Balaban J connectivity index is 1.22. The average Bonchev–Trinajstić information content (AvgIpc) is 3.43. The van der Waals surface area contributed by atoms with Gasteiger partial charge in [0.1, 0.15) is 5.82 Å². The van der Waals surface area contributed by atoms with Gasteiger partial charge in [-0.15, -0.1) is 0 Å². The van der Waals surface area contributed by atoms with Crippen molar-refractivity contribution in [3.63, 3.8) is 0 Å². The van der Waals surface area contributed by atoms with Gasteiger partial charge in [-0.1, -0.05) is 11.6 Å². The molecule has 1 aliphatic heterocycles. The molecule has 1 heterocycles. The van der Waals surface area contributed by atoms with Crippen LogP contribution in [0.1, 0.15) is 61.7 Å². The minimum absolute atomic E-state index is 0.0442. The molecular weight excluding hydrogens is 355 g/mol. The molecule has 1 N–H and O–H groups in total. The number of rotatable bonds is 5. The van der Waals surface area contributed by atoms with Crippen molar-refractivity contribution in [2.45, 2.75) is 51.4 Å². The smallest absolute Gasteiger partial charge is 0.253 e. The monoisotopic (exact) mass is 384 g/mol. The van der Waals surface area contributed by atoms with Gasteiger partial charge >= 0.3 is 0 Å². The summed E-state index contributed by atoms with van der Waals surface area (Å²) in [5.41, 5.74) is 2.11. The Morgan fingerprint density at radius 3 is 2.57 bits per heavy atom. The summed E-state index contributed by atoms with van der Waals surface area (Å²) in [7, 11) is 0. The quantitative estimate of drug-likeness (QED) is 0.778. The largest absolute Gasteiger partial charge is 0.356 e. The van der Waals surface area contributed by atoms with Crippen LogP contribution >= 0.6 is 0 Å². The van der Waals surface area contributed by atoms with Gasteiger partial charge in [-0.2, -0.15) is 0 Å². The second-order valence-electron chi connectivity index (χ2n) is 8.57. The highest BCUT2D eigenvalue weighted by molar-refractivity contribution is 5.94. The molecule has 150 valence electrons. The van der Waals surface area contributed by atoms with Crippen molar-refractivity contribution in [1.82, 2.24) is 10.2 Å². The van der Waals surface area contributed by atoms with Gasteiger partial charge in [0.15, 0.2) is 0 Å². The number of nitrogens with one attached hydrogen (secondary N) is 1. The Kier molecular flexibility index (Phi) is 5.51. The average molecular weight is 384 g/mol. The highest BCUT2D eigenvalue weighted by atomic mass is 19.1. The van der Waals surface area contributed by atoms with Crippen LogP contribution in [0.3, 0.4) is 0 Å². The number of halogens is 1. The van der Waals surface area contributed by atoms with Crippen LogP contribution in [0.25, 0.3) is 0 Å². The van der Waals surface area contributed by atoms with Crippen molar-refractivity contribution >= 4 is 11.8 Å². The first-order valence-corrected chi connectivity index (χ1v) is 10.6. The van der Waals surface area contributed by atoms with Gasteiger partial charge in [0.25, 0.3) is 5.91 Å². The van der Waals surface area contributed by atoms with Crippen molar-refractivity contribution in [2.24, 2.45) is 11.3 Å². The Hall–Kier alpha value is -2.17. The van der Waals surface area contributed by atoms with Gasteiger partial charge < -0.3 is 10.2 Å². The molecule has 3 aliphatic rings. The fourth-order valence-corrected chi connectivity index (χ4v) is 4.80. The van der Waals surface area contributed by atoms with Gasteiger partial charge in [0.05, 0.1) is 0 Å². The fourth-order valence-electron chi connectivity index (χ4n) is 4.80. The molecule has 5 heteroatoms. The van der Waals surface area contributed by atoms with E-state index in [0.717, 1.165) is 32.2 Å². The van der Waals surface area contributed by atoms with Gasteiger partial charge in [0.2, 0.25) is 5.91 Å². The summed E-state index contributed by atoms with van der Waals surface area (Å²) in [5.74, 6) is -0.0800. The molecule has 2 fully saturated rings. The van der Waals surface area contributed by atoms with E-state index in [-0.39, 0.29) is 29.0 Å². The highest BCUT2D eigenvalue weighted by Crippen LogP contribution is 2.59. The highest BCUT2D eigenvalue weighted by Gasteiger charge is 2.58. The van der Waals surface area contributed by atoms with E-state index in [1.165, 1.54) is 55.5 Å². The molecule has 28 heavy (non-hydrogen) atoms.